The summed E-state index contributed by atoms with van der Waals surface area (Å²) in [6.07, 6.45) is 6.38. The standard InChI is InChI=1S/C12H22N2O2/c15-11-6-3-7-14(8-11)9-12(16)13-10-4-1-2-5-10/h10-11,15H,1-9H2,(H,13,16). The van der Waals surface area contributed by atoms with E-state index in [1.165, 1.54) is 12.8 Å². The van der Waals surface area contributed by atoms with E-state index in [1.807, 2.05) is 0 Å². The van der Waals surface area contributed by atoms with Crippen LogP contribution in [0.2, 0.25) is 0 Å². The minimum atomic E-state index is -0.243. The van der Waals surface area contributed by atoms with Crippen LogP contribution >= 0.6 is 0 Å². The van der Waals surface area contributed by atoms with Crippen LogP contribution in [0.5, 0.6) is 0 Å². The summed E-state index contributed by atoms with van der Waals surface area (Å²) in [5, 5.41) is 12.6. The lowest BCUT2D eigenvalue weighted by atomic mass is 10.1. The molecule has 0 aromatic heterocycles. The normalized spacial score (nSPS) is 28.2. The minimum Gasteiger partial charge on any atom is -0.392 e. The average Bonchev–Trinajstić information content (AvgIpc) is 2.70. The molecule has 2 N–H and O–H groups in total. The van der Waals surface area contributed by atoms with Gasteiger partial charge >= 0.3 is 0 Å². The Morgan fingerprint density at radius 1 is 1.25 bits per heavy atom. The molecule has 2 fully saturated rings. The number of β-amino-alcohol motifs (C(OH)–C–C–N with tert-alkyl or cyclic N) is 1. The topological polar surface area (TPSA) is 52.6 Å². The minimum absolute atomic E-state index is 0.126. The van der Waals surface area contributed by atoms with E-state index < -0.39 is 0 Å². The Labute approximate surface area is 97.0 Å². The number of hydrogen-bond acceptors (Lipinski definition) is 3. The van der Waals surface area contributed by atoms with Crippen molar-refractivity contribution in [2.75, 3.05) is 19.6 Å². The van der Waals surface area contributed by atoms with Crippen molar-refractivity contribution < 1.29 is 9.90 Å². The first-order chi connectivity index (χ1) is 7.74. The lowest BCUT2D eigenvalue weighted by Gasteiger charge is -2.29. The molecule has 4 heteroatoms. The molecule has 0 aromatic carbocycles. The van der Waals surface area contributed by atoms with Crippen LogP contribution in [0.25, 0.3) is 0 Å². The van der Waals surface area contributed by atoms with Gasteiger partial charge in [-0.05, 0) is 32.2 Å². The Morgan fingerprint density at radius 2 is 2.00 bits per heavy atom. The van der Waals surface area contributed by atoms with E-state index in [4.69, 9.17) is 0 Å². The summed E-state index contributed by atoms with van der Waals surface area (Å²) in [5.41, 5.74) is 0. The van der Waals surface area contributed by atoms with E-state index >= 15 is 0 Å². The van der Waals surface area contributed by atoms with Gasteiger partial charge in [-0.2, -0.15) is 0 Å². The van der Waals surface area contributed by atoms with E-state index in [-0.39, 0.29) is 12.0 Å². The first kappa shape index (κ1) is 11.9. The summed E-state index contributed by atoms with van der Waals surface area (Å²) in [7, 11) is 0. The molecule has 16 heavy (non-hydrogen) atoms. The van der Waals surface area contributed by atoms with Crippen LogP contribution in [0, 0.1) is 0 Å². The molecule has 1 saturated heterocycles. The molecule has 0 bridgehead atoms. The number of likely N-dealkylation sites (tertiary alicyclic amines) is 1. The van der Waals surface area contributed by atoms with Gasteiger partial charge < -0.3 is 10.4 Å². The summed E-state index contributed by atoms with van der Waals surface area (Å²) in [6.45, 7) is 2.04. The van der Waals surface area contributed by atoms with Crippen molar-refractivity contribution in [1.82, 2.24) is 10.2 Å². The second kappa shape index (κ2) is 5.64. The molecule has 0 aromatic rings. The number of hydrogen-bond donors (Lipinski definition) is 2. The van der Waals surface area contributed by atoms with Gasteiger partial charge in [-0.1, -0.05) is 12.8 Å². The number of rotatable bonds is 3. The lowest BCUT2D eigenvalue weighted by molar-refractivity contribution is -0.123. The molecule has 0 radical (unpaired) electrons. The van der Waals surface area contributed by atoms with Gasteiger partial charge in [-0.15, -0.1) is 0 Å². The van der Waals surface area contributed by atoms with Gasteiger partial charge in [0.25, 0.3) is 0 Å². The van der Waals surface area contributed by atoms with Gasteiger partial charge in [0.05, 0.1) is 12.6 Å². The zero-order valence-corrected chi connectivity index (χ0v) is 9.82. The van der Waals surface area contributed by atoms with Crippen molar-refractivity contribution in [3.8, 4) is 0 Å². The second-order valence-electron chi connectivity index (χ2n) is 5.08. The number of carbonyl (C=O) groups is 1. The number of aliphatic hydroxyl groups excluding tert-OH is 1. The molecule has 1 amide bonds. The fraction of sp³-hybridized carbons (Fsp3) is 0.917. The van der Waals surface area contributed by atoms with E-state index in [1.54, 1.807) is 0 Å². The highest BCUT2D eigenvalue weighted by Gasteiger charge is 2.22. The summed E-state index contributed by atoms with van der Waals surface area (Å²) >= 11 is 0. The van der Waals surface area contributed by atoms with Crippen LogP contribution < -0.4 is 5.32 Å². The zero-order chi connectivity index (χ0) is 11.4. The Bertz CT molecular complexity index is 239. The Hall–Kier alpha value is -0.610. The van der Waals surface area contributed by atoms with Gasteiger partial charge in [-0.3, -0.25) is 9.69 Å². The molecule has 1 aliphatic heterocycles. The molecular weight excluding hydrogens is 204 g/mol. The molecule has 92 valence electrons. The maximum Gasteiger partial charge on any atom is 0.234 e. The maximum atomic E-state index is 11.7. The Balaban J connectivity index is 1.69. The highest BCUT2D eigenvalue weighted by atomic mass is 16.3. The number of nitrogens with zero attached hydrogens (tertiary/aromatic N) is 1. The maximum absolute atomic E-state index is 11.7. The Kier molecular flexibility index (Phi) is 4.18. The van der Waals surface area contributed by atoms with Crippen molar-refractivity contribution in [3.63, 3.8) is 0 Å². The average molecular weight is 226 g/mol. The fourth-order valence-corrected chi connectivity index (χ4v) is 2.72. The van der Waals surface area contributed by atoms with E-state index in [0.29, 0.717) is 19.1 Å². The number of carbonyl (C=O) groups excluding carboxylic acids is 1. The number of aliphatic hydroxyl groups is 1. The highest BCUT2D eigenvalue weighted by molar-refractivity contribution is 5.78. The SMILES string of the molecule is O=C(CN1CCCC(O)C1)NC1CCCC1. The van der Waals surface area contributed by atoms with Crippen LogP contribution in [-0.4, -0.2) is 47.7 Å². The van der Waals surface area contributed by atoms with Crippen molar-refractivity contribution in [1.29, 1.82) is 0 Å². The molecular formula is C12H22N2O2. The molecule has 4 nitrogen and oxygen atoms in total. The largest absolute Gasteiger partial charge is 0.392 e. The molecule has 1 heterocycles. The molecule has 2 rings (SSSR count). The summed E-state index contributed by atoms with van der Waals surface area (Å²) in [6, 6.07) is 0.405. The smallest absolute Gasteiger partial charge is 0.234 e. The van der Waals surface area contributed by atoms with Gasteiger partial charge in [0.1, 0.15) is 0 Å². The van der Waals surface area contributed by atoms with Crippen LogP contribution in [0.3, 0.4) is 0 Å². The summed E-state index contributed by atoms with van der Waals surface area (Å²) in [4.78, 5) is 13.8. The van der Waals surface area contributed by atoms with Gasteiger partial charge in [0.15, 0.2) is 0 Å². The number of nitrogens with one attached hydrogen (secondary N) is 1. The second-order valence-corrected chi connectivity index (χ2v) is 5.08. The molecule has 1 aliphatic carbocycles. The van der Waals surface area contributed by atoms with Crippen LogP contribution in [0.4, 0.5) is 0 Å². The fourth-order valence-electron chi connectivity index (χ4n) is 2.72. The first-order valence-corrected chi connectivity index (χ1v) is 6.44. The zero-order valence-electron chi connectivity index (χ0n) is 9.82. The van der Waals surface area contributed by atoms with E-state index in [2.05, 4.69) is 10.2 Å². The summed E-state index contributed by atoms with van der Waals surface area (Å²) in [5.74, 6) is 0.126. The van der Waals surface area contributed by atoms with E-state index in [0.717, 1.165) is 32.2 Å². The third-order valence-corrected chi connectivity index (χ3v) is 3.57. The molecule has 2 aliphatic rings. The lowest BCUT2D eigenvalue weighted by Crippen LogP contribution is -2.45. The van der Waals surface area contributed by atoms with Crippen LogP contribution in [-0.2, 0) is 4.79 Å². The van der Waals surface area contributed by atoms with Gasteiger partial charge in [-0.25, -0.2) is 0 Å². The predicted octanol–water partition coefficient (Wildman–Crippen LogP) is 0.502. The van der Waals surface area contributed by atoms with E-state index in [9.17, 15) is 9.90 Å². The predicted molar refractivity (Wildman–Crippen MR) is 62.1 cm³/mol. The van der Waals surface area contributed by atoms with Crippen molar-refractivity contribution in [2.45, 2.75) is 50.7 Å². The third-order valence-electron chi connectivity index (χ3n) is 3.57. The highest BCUT2D eigenvalue weighted by Crippen LogP contribution is 2.17. The number of piperidine rings is 1. The van der Waals surface area contributed by atoms with Gasteiger partial charge in [0.2, 0.25) is 5.91 Å². The summed E-state index contributed by atoms with van der Waals surface area (Å²) < 4.78 is 0. The van der Waals surface area contributed by atoms with Crippen LogP contribution in [0.1, 0.15) is 38.5 Å². The number of amides is 1. The van der Waals surface area contributed by atoms with Crippen molar-refractivity contribution in [3.05, 3.63) is 0 Å². The molecule has 1 unspecified atom stereocenters. The monoisotopic (exact) mass is 226 g/mol. The first-order valence-electron chi connectivity index (χ1n) is 6.44. The van der Waals surface area contributed by atoms with Gasteiger partial charge in [0, 0.05) is 12.6 Å². The quantitative estimate of drug-likeness (QED) is 0.737. The molecule has 1 atom stereocenters. The van der Waals surface area contributed by atoms with Crippen molar-refractivity contribution >= 4 is 5.91 Å². The molecule has 1 saturated carbocycles. The Morgan fingerprint density at radius 3 is 2.69 bits per heavy atom. The third kappa shape index (κ3) is 3.46. The van der Waals surface area contributed by atoms with Crippen LogP contribution in [0.15, 0.2) is 0 Å². The van der Waals surface area contributed by atoms with Crippen molar-refractivity contribution in [2.24, 2.45) is 0 Å². The molecule has 0 spiro atoms.